The molecule has 1 aromatic heterocycles. The molecule has 1 aromatic rings. The first-order valence-corrected chi connectivity index (χ1v) is 6.42. The third-order valence-corrected chi connectivity index (χ3v) is 3.44. The van der Waals surface area contributed by atoms with Gasteiger partial charge in [-0.25, -0.2) is 4.98 Å². The Hall–Kier alpha value is -0.980. The Bertz CT molecular complexity index is 467. The highest BCUT2D eigenvalue weighted by Gasteiger charge is 2.19. The molecule has 0 aliphatic carbocycles. The van der Waals surface area contributed by atoms with Crippen LogP contribution in [0.5, 0.6) is 0 Å². The number of anilines is 1. The van der Waals surface area contributed by atoms with Crippen LogP contribution in [0.25, 0.3) is 0 Å². The lowest BCUT2D eigenvalue weighted by atomic mass is 10.2. The van der Waals surface area contributed by atoms with Gasteiger partial charge in [0.1, 0.15) is 5.82 Å². The van der Waals surface area contributed by atoms with Gasteiger partial charge >= 0.3 is 0 Å². The van der Waals surface area contributed by atoms with Gasteiger partial charge in [0.15, 0.2) is 4.77 Å². The van der Waals surface area contributed by atoms with E-state index in [-0.39, 0.29) is 0 Å². The molecule has 1 atom stereocenters. The Morgan fingerprint density at radius 1 is 1.47 bits per heavy atom. The monoisotopic (exact) mass is 252 g/mol. The number of ether oxygens (including phenoxy) is 1. The van der Waals surface area contributed by atoms with Crippen LogP contribution in [0.4, 0.5) is 5.82 Å². The zero-order valence-electron chi connectivity index (χ0n) is 9.58. The molecule has 2 aliphatic heterocycles. The number of fused-ring (bicyclic) bond motifs is 1. The smallest absolute Gasteiger partial charge is 0.199 e. The van der Waals surface area contributed by atoms with Crippen LogP contribution in [0.3, 0.4) is 0 Å². The minimum Gasteiger partial charge on any atom is -0.376 e. The Balaban J connectivity index is 1.75. The molecule has 17 heavy (non-hydrogen) atoms. The molecular weight excluding hydrogens is 236 g/mol. The summed E-state index contributed by atoms with van der Waals surface area (Å²) in [6.07, 6.45) is 2.61. The topological polar surface area (TPSA) is 62.0 Å². The Morgan fingerprint density at radius 3 is 3.24 bits per heavy atom. The summed E-state index contributed by atoms with van der Waals surface area (Å²) < 4.78 is 6.13. The molecule has 92 valence electrons. The second-order valence-electron chi connectivity index (χ2n) is 4.47. The summed E-state index contributed by atoms with van der Waals surface area (Å²) in [5, 5.41) is 6.66. The van der Waals surface area contributed by atoms with Crippen molar-refractivity contribution < 1.29 is 4.74 Å². The molecular formula is C11H16N4OS. The molecule has 0 spiro atoms. The highest BCUT2D eigenvalue weighted by molar-refractivity contribution is 7.71. The summed E-state index contributed by atoms with van der Waals surface area (Å²) in [7, 11) is 0. The van der Waals surface area contributed by atoms with Crippen LogP contribution in [0, 0.1) is 4.77 Å². The van der Waals surface area contributed by atoms with Crippen molar-refractivity contribution in [3.05, 3.63) is 16.0 Å². The summed E-state index contributed by atoms with van der Waals surface area (Å²) in [6.45, 7) is 3.39. The van der Waals surface area contributed by atoms with Crippen molar-refractivity contribution in [3.63, 3.8) is 0 Å². The van der Waals surface area contributed by atoms with Crippen LogP contribution in [-0.4, -0.2) is 29.2 Å². The lowest BCUT2D eigenvalue weighted by molar-refractivity contribution is 0.120. The molecule has 0 bridgehead atoms. The molecule has 1 unspecified atom stereocenters. The molecule has 0 radical (unpaired) electrons. The maximum atomic E-state index is 5.58. The van der Waals surface area contributed by atoms with Crippen molar-refractivity contribution in [2.45, 2.75) is 32.0 Å². The van der Waals surface area contributed by atoms with E-state index < -0.39 is 0 Å². The predicted molar refractivity (Wildman–Crippen MR) is 67.4 cm³/mol. The zero-order valence-corrected chi connectivity index (χ0v) is 10.4. The van der Waals surface area contributed by atoms with Gasteiger partial charge in [-0.3, -0.25) is 0 Å². The van der Waals surface area contributed by atoms with E-state index in [4.69, 9.17) is 17.0 Å². The van der Waals surface area contributed by atoms with E-state index >= 15 is 0 Å². The van der Waals surface area contributed by atoms with Gasteiger partial charge in [-0.2, -0.15) is 0 Å². The first-order chi connectivity index (χ1) is 8.33. The van der Waals surface area contributed by atoms with E-state index in [1.54, 1.807) is 0 Å². The summed E-state index contributed by atoms with van der Waals surface area (Å²) in [4.78, 5) is 7.48. The first kappa shape index (κ1) is 11.1. The minimum atomic E-state index is 0.319. The number of rotatable bonds is 3. The van der Waals surface area contributed by atoms with Crippen LogP contribution < -0.4 is 10.6 Å². The Kier molecular flexibility index (Phi) is 3.09. The molecule has 0 amide bonds. The third kappa shape index (κ3) is 2.34. The first-order valence-electron chi connectivity index (χ1n) is 6.01. The summed E-state index contributed by atoms with van der Waals surface area (Å²) in [5.41, 5.74) is 2.36. The Morgan fingerprint density at radius 2 is 2.41 bits per heavy atom. The van der Waals surface area contributed by atoms with Crippen molar-refractivity contribution >= 4 is 18.0 Å². The molecule has 5 nitrogen and oxygen atoms in total. The van der Waals surface area contributed by atoms with E-state index in [0.717, 1.165) is 50.6 Å². The Labute approximate surface area is 105 Å². The standard InChI is InChI=1S/C11H16N4OS/c17-11-14-9-6-12-5-8(9)10(15-11)13-4-7-2-1-3-16-7/h7,12H,1-6H2,(H2,13,14,15,17). The van der Waals surface area contributed by atoms with Gasteiger partial charge in [0.05, 0.1) is 6.10 Å². The number of hydrogen-bond donors (Lipinski definition) is 3. The largest absolute Gasteiger partial charge is 0.376 e. The van der Waals surface area contributed by atoms with E-state index in [9.17, 15) is 0 Å². The number of nitrogens with zero attached hydrogens (tertiary/aromatic N) is 1. The van der Waals surface area contributed by atoms with E-state index in [2.05, 4.69) is 20.6 Å². The molecule has 3 N–H and O–H groups in total. The van der Waals surface area contributed by atoms with Crippen molar-refractivity contribution in [3.8, 4) is 0 Å². The van der Waals surface area contributed by atoms with Crippen LogP contribution in [0.2, 0.25) is 0 Å². The van der Waals surface area contributed by atoms with E-state index in [1.165, 1.54) is 5.56 Å². The third-order valence-electron chi connectivity index (χ3n) is 3.25. The van der Waals surface area contributed by atoms with Crippen LogP contribution in [-0.2, 0) is 17.8 Å². The summed E-state index contributed by atoms with van der Waals surface area (Å²) in [6, 6.07) is 0. The van der Waals surface area contributed by atoms with Crippen molar-refractivity contribution in [1.82, 2.24) is 15.3 Å². The molecule has 2 aliphatic rings. The predicted octanol–water partition coefficient (Wildman–Crippen LogP) is 1.33. The number of aromatic amines is 1. The second kappa shape index (κ2) is 4.72. The van der Waals surface area contributed by atoms with Gasteiger partial charge in [0, 0.05) is 37.5 Å². The second-order valence-corrected chi connectivity index (χ2v) is 4.85. The molecule has 6 heteroatoms. The molecule has 3 rings (SSSR count). The fraction of sp³-hybridized carbons (Fsp3) is 0.636. The number of nitrogens with one attached hydrogen (secondary N) is 3. The lowest BCUT2D eigenvalue weighted by Crippen LogP contribution is -2.20. The molecule has 1 fully saturated rings. The lowest BCUT2D eigenvalue weighted by Gasteiger charge is -2.13. The number of hydrogen-bond acceptors (Lipinski definition) is 5. The average molecular weight is 252 g/mol. The fourth-order valence-electron chi connectivity index (χ4n) is 2.36. The van der Waals surface area contributed by atoms with Crippen LogP contribution in [0.15, 0.2) is 0 Å². The van der Waals surface area contributed by atoms with Gasteiger partial charge in [-0.15, -0.1) is 0 Å². The summed E-state index contributed by atoms with van der Waals surface area (Å²) in [5.74, 6) is 0.907. The molecule has 0 saturated carbocycles. The zero-order chi connectivity index (χ0) is 11.7. The van der Waals surface area contributed by atoms with Gasteiger partial charge in [0.25, 0.3) is 0 Å². The van der Waals surface area contributed by atoms with E-state index in [0.29, 0.717) is 10.9 Å². The maximum absolute atomic E-state index is 5.58. The van der Waals surface area contributed by atoms with Crippen LogP contribution in [0.1, 0.15) is 24.1 Å². The molecule has 3 heterocycles. The minimum absolute atomic E-state index is 0.319. The average Bonchev–Trinajstić information content (AvgIpc) is 2.95. The summed E-state index contributed by atoms with van der Waals surface area (Å²) >= 11 is 5.12. The van der Waals surface area contributed by atoms with Gasteiger partial charge in [-0.05, 0) is 25.1 Å². The van der Waals surface area contributed by atoms with Crippen LogP contribution >= 0.6 is 12.2 Å². The van der Waals surface area contributed by atoms with Gasteiger partial charge < -0.3 is 20.4 Å². The van der Waals surface area contributed by atoms with Gasteiger partial charge in [-0.1, -0.05) is 0 Å². The van der Waals surface area contributed by atoms with Crippen molar-refractivity contribution in [2.75, 3.05) is 18.5 Å². The normalized spacial score (nSPS) is 22.7. The van der Waals surface area contributed by atoms with Gasteiger partial charge in [0.2, 0.25) is 0 Å². The highest BCUT2D eigenvalue weighted by atomic mass is 32.1. The number of aromatic nitrogens is 2. The van der Waals surface area contributed by atoms with E-state index in [1.807, 2.05) is 0 Å². The molecule has 0 aromatic carbocycles. The fourth-order valence-corrected chi connectivity index (χ4v) is 2.57. The maximum Gasteiger partial charge on any atom is 0.199 e. The number of H-pyrrole nitrogens is 1. The SMILES string of the molecule is S=c1nc(NCC2CCCO2)c2c([nH]1)CNC2. The molecule has 1 saturated heterocycles. The van der Waals surface area contributed by atoms with Crippen molar-refractivity contribution in [2.24, 2.45) is 0 Å². The quantitative estimate of drug-likeness (QED) is 0.709. The van der Waals surface area contributed by atoms with Crippen molar-refractivity contribution in [1.29, 1.82) is 0 Å². The highest BCUT2D eigenvalue weighted by Crippen LogP contribution is 2.21.